The minimum Gasteiger partial charge on any atom is -0.490 e. The second-order valence-corrected chi connectivity index (χ2v) is 8.84. The lowest BCUT2D eigenvalue weighted by atomic mass is 9.94. The SMILES string of the molecule is CCOc1cc(C2C(C(=O)Nc3ccccc3)=C(C)Nc3ncnn32)ccc1OCc1ccccc1Cl. The normalized spacial score (nSPS) is 14.5. The minimum absolute atomic E-state index is 0.237. The van der Waals surface area contributed by atoms with E-state index in [2.05, 4.69) is 20.7 Å². The number of allylic oxidation sites excluding steroid dienone is 1. The number of hydrogen-bond donors (Lipinski definition) is 2. The fraction of sp³-hybridized carbons (Fsp3) is 0.179. The number of halogens is 1. The van der Waals surface area contributed by atoms with Gasteiger partial charge in [0.25, 0.3) is 5.91 Å². The van der Waals surface area contributed by atoms with Crippen LogP contribution >= 0.6 is 11.6 Å². The molecule has 4 aromatic rings. The van der Waals surface area contributed by atoms with Gasteiger partial charge in [0.1, 0.15) is 19.0 Å². The lowest BCUT2D eigenvalue weighted by Gasteiger charge is -2.29. The third kappa shape index (κ3) is 5.15. The smallest absolute Gasteiger partial charge is 0.255 e. The third-order valence-electron chi connectivity index (χ3n) is 6.00. The summed E-state index contributed by atoms with van der Waals surface area (Å²) in [5.74, 6) is 1.46. The number of carbonyl (C=O) groups excluding carboxylic acids is 1. The van der Waals surface area contributed by atoms with Crippen LogP contribution in [0.5, 0.6) is 11.5 Å². The van der Waals surface area contributed by atoms with Crippen LogP contribution in [0.15, 0.2) is 90.4 Å². The molecule has 0 radical (unpaired) electrons. The number of amides is 1. The maximum atomic E-state index is 13.5. The van der Waals surface area contributed by atoms with Crippen molar-refractivity contribution >= 4 is 29.1 Å². The number of nitrogens with zero attached hydrogens (tertiary/aromatic N) is 3. The van der Waals surface area contributed by atoms with E-state index in [0.717, 1.165) is 11.1 Å². The summed E-state index contributed by atoms with van der Waals surface area (Å²) < 4.78 is 13.7. The van der Waals surface area contributed by atoms with Gasteiger partial charge in [-0.25, -0.2) is 4.68 Å². The largest absolute Gasteiger partial charge is 0.490 e. The predicted molar refractivity (Wildman–Crippen MR) is 143 cm³/mol. The molecule has 188 valence electrons. The van der Waals surface area contributed by atoms with Crippen LogP contribution in [0.2, 0.25) is 5.02 Å². The zero-order valence-corrected chi connectivity index (χ0v) is 21.2. The van der Waals surface area contributed by atoms with E-state index in [-0.39, 0.29) is 5.91 Å². The molecule has 9 heteroatoms. The van der Waals surface area contributed by atoms with Gasteiger partial charge in [0.2, 0.25) is 5.95 Å². The second-order valence-electron chi connectivity index (χ2n) is 8.43. The molecule has 0 aliphatic carbocycles. The quantitative estimate of drug-likeness (QED) is 0.306. The van der Waals surface area contributed by atoms with Crippen molar-refractivity contribution < 1.29 is 14.3 Å². The van der Waals surface area contributed by atoms with Crippen molar-refractivity contribution in [1.82, 2.24) is 14.8 Å². The number of ether oxygens (including phenoxy) is 2. The van der Waals surface area contributed by atoms with E-state index in [9.17, 15) is 4.79 Å². The Morgan fingerprint density at radius 2 is 1.84 bits per heavy atom. The Balaban J connectivity index is 1.50. The number of rotatable bonds is 8. The minimum atomic E-state index is -0.528. The van der Waals surface area contributed by atoms with Gasteiger partial charge in [0.15, 0.2) is 11.5 Å². The van der Waals surface area contributed by atoms with Crippen molar-refractivity contribution in [3.8, 4) is 11.5 Å². The summed E-state index contributed by atoms with van der Waals surface area (Å²) in [6, 6.07) is 22.0. The van der Waals surface area contributed by atoms with E-state index in [4.69, 9.17) is 21.1 Å². The van der Waals surface area contributed by atoms with E-state index >= 15 is 0 Å². The number of benzene rings is 3. The summed E-state index contributed by atoms with van der Waals surface area (Å²) in [7, 11) is 0. The number of carbonyl (C=O) groups is 1. The molecule has 8 nitrogen and oxygen atoms in total. The molecule has 1 amide bonds. The highest BCUT2D eigenvalue weighted by atomic mass is 35.5. The molecule has 5 rings (SSSR count). The second kappa shape index (κ2) is 10.8. The van der Waals surface area contributed by atoms with Gasteiger partial charge >= 0.3 is 0 Å². The van der Waals surface area contributed by atoms with Crippen LogP contribution < -0.4 is 20.1 Å². The molecule has 0 fully saturated rings. The molecule has 0 saturated heterocycles. The van der Waals surface area contributed by atoms with Crippen LogP contribution in [0.4, 0.5) is 11.6 Å². The number of para-hydroxylation sites is 1. The predicted octanol–water partition coefficient (Wildman–Crippen LogP) is 5.84. The average Bonchev–Trinajstić information content (AvgIpc) is 3.36. The van der Waals surface area contributed by atoms with Gasteiger partial charge in [0.05, 0.1) is 12.2 Å². The highest BCUT2D eigenvalue weighted by Crippen LogP contribution is 2.39. The number of aromatic nitrogens is 3. The molecule has 37 heavy (non-hydrogen) atoms. The van der Waals surface area contributed by atoms with Crippen molar-refractivity contribution in [1.29, 1.82) is 0 Å². The first-order valence-corrected chi connectivity index (χ1v) is 12.3. The number of hydrogen-bond acceptors (Lipinski definition) is 6. The lowest BCUT2D eigenvalue weighted by Crippen LogP contribution is -2.31. The fourth-order valence-corrected chi connectivity index (χ4v) is 4.46. The van der Waals surface area contributed by atoms with Gasteiger partial charge in [-0.2, -0.15) is 10.1 Å². The van der Waals surface area contributed by atoms with Crippen molar-refractivity contribution in [2.75, 3.05) is 17.2 Å². The van der Waals surface area contributed by atoms with E-state index in [0.29, 0.717) is 52.6 Å². The molecule has 1 aliphatic rings. The van der Waals surface area contributed by atoms with Crippen LogP contribution in [0.1, 0.15) is 31.0 Å². The maximum absolute atomic E-state index is 13.5. The molecule has 0 spiro atoms. The fourth-order valence-electron chi connectivity index (χ4n) is 4.27. The molecule has 2 heterocycles. The van der Waals surface area contributed by atoms with Gasteiger partial charge in [-0.15, -0.1) is 0 Å². The first-order valence-electron chi connectivity index (χ1n) is 11.9. The van der Waals surface area contributed by atoms with Crippen molar-refractivity contribution in [3.05, 3.63) is 107 Å². The summed E-state index contributed by atoms with van der Waals surface area (Å²) in [5.41, 5.74) is 3.60. The number of anilines is 2. The Hall–Kier alpha value is -4.30. The number of nitrogens with one attached hydrogen (secondary N) is 2. The highest BCUT2D eigenvalue weighted by molar-refractivity contribution is 6.31. The Labute approximate surface area is 219 Å². The summed E-state index contributed by atoms with van der Waals surface area (Å²) in [6.45, 7) is 4.51. The molecule has 3 aromatic carbocycles. The van der Waals surface area contributed by atoms with Crippen LogP contribution in [-0.2, 0) is 11.4 Å². The molecule has 2 N–H and O–H groups in total. The van der Waals surface area contributed by atoms with E-state index in [1.54, 1.807) is 4.68 Å². The molecule has 1 atom stereocenters. The van der Waals surface area contributed by atoms with Gasteiger partial charge < -0.3 is 20.1 Å². The van der Waals surface area contributed by atoms with Crippen molar-refractivity contribution in [2.45, 2.75) is 26.5 Å². The van der Waals surface area contributed by atoms with E-state index < -0.39 is 6.04 Å². The average molecular weight is 516 g/mol. The topological polar surface area (TPSA) is 90.3 Å². The highest BCUT2D eigenvalue weighted by Gasteiger charge is 2.34. The standard InChI is InChI=1S/C28H26ClN5O3/c1-3-36-24-15-19(13-14-23(24)37-16-20-9-7-8-12-22(20)29)26-25(18(2)32-28-30-17-31-34(26)28)27(35)33-21-10-5-4-6-11-21/h4-15,17,26H,3,16H2,1-2H3,(H,33,35)(H,30,31,32). The zero-order chi connectivity index (χ0) is 25.8. The van der Waals surface area contributed by atoms with Gasteiger partial charge in [-0.3, -0.25) is 4.79 Å². The summed E-state index contributed by atoms with van der Waals surface area (Å²) in [5, 5.41) is 11.2. The van der Waals surface area contributed by atoms with E-state index in [1.165, 1.54) is 6.33 Å². The van der Waals surface area contributed by atoms with Crippen molar-refractivity contribution in [2.24, 2.45) is 0 Å². The van der Waals surface area contributed by atoms with Crippen LogP contribution in [0.3, 0.4) is 0 Å². The van der Waals surface area contributed by atoms with Crippen LogP contribution in [0, 0.1) is 0 Å². The molecular weight excluding hydrogens is 490 g/mol. The zero-order valence-electron chi connectivity index (χ0n) is 20.4. The molecule has 1 aliphatic heterocycles. The molecule has 0 bridgehead atoms. The monoisotopic (exact) mass is 515 g/mol. The van der Waals surface area contributed by atoms with Crippen LogP contribution in [0.25, 0.3) is 0 Å². The van der Waals surface area contributed by atoms with Gasteiger partial charge in [-0.05, 0) is 49.7 Å². The third-order valence-corrected chi connectivity index (χ3v) is 6.36. The Kier molecular flexibility index (Phi) is 7.09. The summed E-state index contributed by atoms with van der Waals surface area (Å²) in [6.07, 6.45) is 1.46. The maximum Gasteiger partial charge on any atom is 0.255 e. The summed E-state index contributed by atoms with van der Waals surface area (Å²) >= 11 is 6.30. The molecule has 0 saturated carbocycles. The molecule has 1 aromatic heterocycles. The molecular formula is C28H26ClN5O3. The lowest BCUT2D eigenvalue weighted by molar-refractivity contribution is -0.113. The first kappa shape index (κ1) is 24.4. The van der Waals surface area contributed by atoms with E-state index in [1.807, 2.05) is 86.6 Å². The Morgan fingerprint density at radius 1 is 1.05 bits per heavy atom. The summed E-state index contributed by atoms with van der Waals surface area (Å²) in [4.78, 5) is 17.8. The first-order chi connectivity index (χ1) is 18.0. The molecule has 1 unspecified atom stereocenters. The van der Waals surface area contributed by atoms with Gasteiger partial charge in [-0.1, -0.05) is 54.1 Å². The number of fused-ring (bicyclic) bond motifs is 1. The van der Waals surface area contributed by atoms with Gasteiger partial charge in [0, 0.05) is 22.0 Å². The van der Waals surface area contributed by atoms with Crippen molar-refractivity contribution in [3.63, 3.8) is 0 Å². The Bertz CT molecular complexity index is 1450. The van der Waals surface area contributed by atoms with Crippen LogP contribution in [-0.4, -0.2) is 27.3 Å². The Morgan fingerprint density at radius 3 is 2.62 bits per heavy atom.